The predicted molar refractivity (Wildman–Crippen MR) is 95.5 cm³/mol. The molecule has 1 aromatic carbocycles. The molecule has 1 N–H and O–H groups in total. The van der Waals surface area contributed by atoms with Crippen LogP contribution in [0.4, 0.5) is 0 Å². The Labute approximate surface area is 149 Å². The van der Waals surface area contributed by atoms with Crippen molar-refractivity contribution in [3.8, 4) is 16.5 Å². The molecule has 0 bridgehead atoms. The number of ether oxygens (including phenoxy) is 1. The highest BCUT2D eigenvalue weighted by Crippen LogP contribution is 2.26. The summed E-state index contributed by atoms with van der Waals surface area (Å²) in [6.07, 6.45) is 1.06. The van der Waals surface area contributed by atoms with Crippen LogP contribution in [0.5, 0.6) is 5.75 Å². The van der Waals surface area contributed by atoms with Crippen LogP contribution in [0.1, 0.15) is 29.7 Å². The molecule has 0 aliphatic carbocycles. The molecule has 2 heterocycles. The molecule has 2 aromatic heterocycles. The molecular formula is C18H19N3O3S. The van der Waals surface area contributed by atoms with Crippen LogP contribution >= 0.6 is 11.3 Å². The van der Waals surface area contributed by atoms with Crippen molar-refractivity contribution in [1.82, 2.24) is 15.5 Å². The van der Waals surface area contributed by atoms with Crippen LogP contribution in [0.2, 0.25) is 0 Å². The molecular weight excluding hydrogens is 338 g/mol. The Morgan fingerprint density at radius 3 is 2.76 bits per heavy atom. The third-order valence-corrected chi connectivity index (χ3v) is 4.73. The molecule has 1 amide bonds. The molecule has 3 rings (SSSR count). The maximum Gasteiger partial charge on any atom is 0.231 e. The molecule has 130 valence electrons. The maximum atomic E-state index is 11.3. The lowest BCUT2D eigenvalue weighted by Crippen LogP contribution is -2.20. The average Bonchev–Trinajstić information content (AvgIpc) is 3.29. The highest BCUT2D eigenvalue weighted by molar-refractivity contribution is 7.15. The first-order valence-electron chi connectivity index (χ1n) is 7.99. The third-order valence-electron chi connectivity index (χ3n) is 3.65. The SMILES string of the molecule is CCC(=O)NCc1ccc(-c2noc(Cc3ccc(OC)cc3)n2)s1. The zero-order valence-corrected chi connectivity index (χ0v) is 14.9. The second-order valence-electron chi connectivity index (χ2n) is 5.43. The molecule has 0 atom stereocenters. The van der Waals surface area contributed by atoms with Crippen molar-refractivity contribution in [3.63, 3.8) is 0 Å². The number of hydrogen-bond acceptors (Lipinski definition) is 6. The first-order valence-corrected chi connectivity index (χ1v) is 8.81. The van der Waals surface area contributed by atoms with Gasteiger partial charge in [0, 0.05) is 11.3 Å². The van der Waals surface area contributed by atoms with E-state index in [1.807, 2.05) is 43.3 Å². The molecule has 0 spiro atoms. The van der Waals surface area contributed by atoms with Crippen molar-refractivity contribution < 1.29 is 14.1 Å². The highest BCUT2D eigenvalue weighted by atomic mass is 32.1. The molecule has 0 unspecified atom stereocenters. The Hall–Kier alpha value is -2.67. The summed E-state index contributed by atoms with van der Waals surface area (Å²) in [5.41, 5.74) is 1.07. The van der Waals surface area contributed by atoms with Crippen molar-refractivity contribution in [2.75, 3.05) is 7.11 Å². The molecule has 3 aromatic rings. The van der Waals surface area contributed by atoms with Gasteiger partial charge in [-0.1, -0.05) is 24.2 Å². The van der Waals surface area contributed by atoms with Crippen LogP contribution in [0.3, 0.4) is 0 Å². The Morgan fingerprint density at radius 2 is 2.04 bits per heavy atom. The van der Waals surface area contributed by atoms with E-state index < -0.39 is 0 Å². The average molecular weight is 357 g/mol. The van der Waals surface area contributed by atoms with E-state index in [-0.39, 0.29) is 5.91 Å². The predicted octanol–water partition coefficient (Wildman–Crippen LogP) is 3.42. The fraction of sp³-hybridized carbons (Fsp3) is 0.278. The number of thiophene rings is 1. The quantitative estimate of drug-likeness (QED) is 0.701. The minimum atomic E-state index is 0.0382. The number of hydrogen-bond donors (Lipinski definition) is 1. The first kappa shape index (κ1) is 17.2. The van der Waals surface area contributed by atoms with Crippen LogP contribution in [0.25, 0.3) is 10.7 Å². The van der Waals surface area contributed by atoms with Crippen LogP contribution in [-0.2, 0) is 17.8 Å². The molecule has 0 radical (unpaired) electrons. The number of carbonyl (C=O) groups excluding carboxylic acids is 1. The van der Waals surface area contributed by atoms with Crippen LogP contribution < -0.4 is 10.1 Å². The monoisotopic (exact) mass is 357 g/mol. The second-order valence-corrected chi connectivity index (χ2v) is 6.60. The molecule has 6 nitrogen and oxygen atoms in total. The molecule has 0 saturated heterocycles. The Morgan fingerprint density at radius 1 is 1.24 bits per heavy atom. The Bertz CT molecular complexity index is 839. The fourth-order valence-electron chi connectivity index (χ4n) is 2.25. The fourth-order valence-corrected chi connectivity index (χ4v) is 3.12. The van der Waals surface area contributed by atoms with Gasteiger partial charge in [0.1, 0.15) is 5.75 Å². The summed E-state index contributed by atoms with van der Waals surface area (Å²) >= 11 is 1.55. The second kappa shape index (κ2) is 7.94. The largest absolute Gasteiger partial charge is 0.497 e. The third kappa shape index (κ3) is 4.45. The molecule has 25 heavy (non-hydrogen) atoms. The van der Waals surface area contributed by atoms with E-state index in [0.29, 0.717) is 31.1 Å². The summed E-state index contributed by atoms with van der Waals surface area (Å²) in [6.45, 7) is 2.35. The Kier molecular flexibility index (Phi) is 5.45. The van der Waals surface area contributed by atoms with Gasteiger partial charge in [-0.05, 0) is 29.8 Å². The molecule has 7 heteroatoms. The summed E-state index contributed by atoms with van der Waals surface area (Å²) in [7, 11) is 1.64. The standard InChI is InChI=1S/C18H19N3O3S/c1-3-16(22)19-11-14-8-9-15(25-14)18-20-17(24-21-18)10-12-4-6-13(23-2)7-5-12/h4-9H,3,10-11H2,1-2H3,(H,19,22). The van der Waals surface area contributed by atoms with Gasteiger partial charge in [0.05, 0.1) is 25.0 Å². The highest BCUT2D eigenvalue weighted by Gasteiger charge is 2.12. The Balaban J connectivity index is 1.64. The zero-order valence-electron chi connectivity index (χ0n) is 14.1. The zero-order chi connectivity index (χ0) is 17.6. The van der Waals surface area contributed by atoms with Gasteiger partial charge >= 0.3 is 0 Å². The van der Waals surface area contributed by atoms with E-state index >= 15 is 0 Å². The number of benzene rings is 1. The minimum Gasteiger partial charge on any atom is -0.497 e. The van der Waals surface area contributed by atoms with Gasteiger partial charge in [0.25, 0.3) is 0 Å². The van der Waals surface area contributed by atoms with Gasteiger partial charge in [-0.25, -0.2) is 0 Å². The van der Waals surface area contributed by atoms with E-state index in [9.17, 15) is 4.79 Å². The summed E-state index contributed by atoms with van der Waals surface area (Å²) in [4.78, 5) is 17.8. The van der Waals surface area contributed by atoms with Gasteiger partial charge in [-0.15, -0.1) is 11.3 Å². The van der Waals surface area contributed by atoms with Crippen molar-refractivity contribution in [2.24, 2.45) is 0 Å². The lowest BCUT2D eigenvalue weighted by atomic mass is 10.1. The van der Waals surface area contributed by atoms with Gasteiger partial charge < -0.3 is 14.6 Å². The molecule has 0 aliphatic rings. The normalized spacial score (nSPS) is 10.6. The van der Waals surface area contributed by atoms with Crippen molar-refractivity contribution in [1.29, 1.82) is 0 Å². The first-order chi connectivity index (χ1) is 12.2. The van der Waals surface area contributed by atoms with Crippen LogP contribution in [0.15, 0.2) is 40.9 Å². The number of nitrogens with one attached hydrogen (secondary N) is 1. The van der Waals surface area contributed by atoms with E-state index in [1.165, 1.54) is 0 Å². The number of aromatic nitrogens is 2. The molecule has 0 aliphatic heterocycles. The van der Waals surface area contributed by atoms with Crippen molar-refractivity contribution in [3.05, 3.63) is 52.7 Å². The van der Waals surface area contributed by atoms with Gasteiger partial charge in [0.15, 0.2) is 0 Å². The number of carbonyl (C=O) groups is 1. The van der Waals surface area contributed by atoms with Gasteiger partial charge in [-0.3, -0.25) is 4.79 Å². The minimum absolute atomic E-state index is 0.0382. The van der Waals surface area contributed by atoms with E-state index in [4.69, 9.17) is 9.26 Å². The van der Waals surface area contributed by atoms with E-state index in [0.717, 1.165) is 21.1 Å². The van der Waals surface area contributed by atoms with Gasteiger partial charge in [-0.2, -0.15) is 4.98 Å². The summed E-state index contributed by atoms with van der Waals surface area (Å²) < 4.78 is 10.5. The van der Waals surface area contributed by atoms with E-state index in [2.05, 4.69) is 15.5 Å². The molecule has 0 saturated carbocycles. The van der Waals surface area contributed by atoms with Crippen LogP contribution in [0, 0.1) is 0 Å². The maximum absolute atomic E-state index is 11.3. The summed E-state index contributed by atoms with van der Waals surface area (Å²) in [5, 5.41) is 6.91. The number of methoxy groups -OCH3 is 1. The van der Waals surface area contributed by atoms with Gasteiger partial charge in [0.2, 0.25) is 17.6 Å². The lowest BCUT2D eigenvalue weighted by molar-refractivity contribution is -0.120. The molecule has 0 fully saturated rings. The van der Waals surface area contributed by atoms with Crippen molar-refractivity contribution in [2.45, 2.75) is 26.3 Å². The number of nitrogens with zero attached hydrogens (tertiary/aromatic N) is 2. The van der Waals surface area contributed by atoms with Crippen molar-refractivity contribution >= 4 is 17.2 Å². The lowest BCUT2D eigenvalue weighted by Gasteiger charge is -2.00. The smallest absolute Gasteiger partial charge is 0.231 e. The summed E-state index contributed by atoms with van der Waals surface area (Å²) in [6, 6.07) is 11.7. The number of rotatable bonds is 7. The number of amides is 1. The summed E-state index contributed by atoms with van der Waals surface area (Å²) in [5.74, 6) is 1.99. The van der Waals surface area contributed by atoms with Crippen LogP contribution in [-0.4, -0.2) is 23.2 Å². The topological polar surface area (TPSA) is 77.2 Å². The van der Waals surface area contributed by atoms with E-state index in [1.54, 1.807) is 18.4 Å².